The van der Waals surface area contributed by atoms with Gasteiger partial charge in [-0.05, 0) is 27.2 Å². The molecule has 0 radical (unpaired) electrons. The summed E-state index contributed by atoms with van der Waals surface area (Å²) in [6, 6.07) is 0. The van der Waals surface area contributed by atoms with Gasteiger partial charge < -0.3 is 14.4 Å². The lowest BCUT2D eigenvalue weighted by Gasteiger charge is -2.19. The van der Waals surface area contributed by atoms with Gasteiger partial charge in [-0.15, -0.1) is 0 Å². The average molecular weight is 245 g/mol. The van der Waals surface area contributed by atoms with E-state index in [1.54, 1.807) is 6.92 Å². The van der Waals surface area contributed by atoms with Crippen molar-refractivity contribution in [1.29, 1.82) is 0 Å². The van der Waals surface area contributed by atoms with Crippen molar-refractivity contribution >= 4 is 11.9 Å². The highest BCUT2D eigenvalue weighted by Gasteiger charge is 2.15. The molecule has 0 aromatic rings. The zero-order chi connectivity index (χ0) is 13.1. The van der Waals surface area contributed by atoms with Crippen molar-refractivity contribution in [3.63, 3.8) is 0 Å². The topological polar surface area (TPSA) is 55.8 Å². The van der Waals surface area contributed by atoms with E-state index in [0.29, 0.717) is 39.2 Å². The van der Waals surface area contributed by atoms with Crippen molar-refractivity contribution in [2.45, 2.75) is 33.6 Å². The lowest BCUT2D eigenvalue weighted by molar-refractivity contribution is -0.148. The van der Waals surface area contributed by atoms with E-state index in [2.05, 4.69) is 0 Å². The molecule has 0 aliphatic rings. The van der Waals surface area contributed by atoms with Gasteiger partial charge in [-0.1, -0.05) is 0 Å². The maximum atomic E-state index is 11.7. The van der Waals surface area contributed by atoms with Gasteiger partial charge in [0.1, 0.15) is 6.54 Å². The first-order valence-corrected chi connectivity index (χ1v) is 6.16. The van der Waals surface area contributed by atoms with Gasteiger partial charge in [0.2, 0.25) is 5.91 Å². The van der Waals surface area contributed by atoms with E-state index >= 15 is 0 Å². The van der Waals surface area contributed by atoms with Gasteiger partial charge in [0.15, 0.2) is 0 Å². The Morgan fingerprint density at radius 1 is 1.12 bits per heavy atom. The molecule has 0 saturated carbocycles. The number of amides is 1. The summed E-state index contributed by atoms with van der Waals surface area (Å²) < 4.78 is 9.96. The summed E-state index contributed by atoms with van der Waals surface area (Å²) in [6.07, 6.45) is 1.10. The van der Waals surface area contributed by atoms with Crippen molar-refractivity contribution in [2.24, 2.45) is 0 Å². The minimum Gasteiger partial charge on any atom is -0.465 e. The largest absolute Gasteiger partial charge is 0.465 e. The second-order valence-corrected chi connectivity index (χ2v) is 3.51. The molecule has 0 atom stereocenters. The highest BCUT2D eigenvalue weighted by Crippen LogP contribution is 1.99. The molecule has 1 amide bonds. The molecule has 0 N–H and O–H groups in total. The highest BCUT2D eigenvalue weighted by molar-refractivity contribution is 5.82. The summed E-state index contributed by atoms with van der Waals surface area (Å²) in [4.78, 5) is 24.5. The van der Waals surface area contributed by atoms with Crippen LogP contribution in [-0.2, 0) is 19.1 Å². The number of carbonyl (C=O) groups is 2. The van der Waals surface area contributed by atoms with E-state index in [1.165, 1.54) is 4.90 Å². The number of ether oxygens (including phenoxy) is 2. The van der Waals surface area contributed by atoms with Gasteiger partial charge in [-0.25, -0.2) is 0 Å². The van der Waals surface area contributed by atoms with E-state index in [9.17, 15) is 9.59 Å². The van der Waals surface area contributed by atoms with Crippen LogP contribution in [0.25, 0.3) is 0 Å². The fraction of sp³-hybridized carbons (Fsp3) is 0.833. The molecule has 0 saturated heterocycles. The molecule has 0 heterocycles. The fourth-order valence-electron chi connectivity index (χ4n) is 1.37. The fourth-order valence-corrected chi connectivity index (χ4v) is 1.37. The molecule has 17 heavy (non-hydrogen) atoms. The molecule has 5 heteroatoms. The number of nitrogens with zero attached hydrogens (tertiary/aromatic N) is 1. The van der Waals surface area contributed by atoms with Gasteiger partial charge in [-0.3, -0.25) is 9.59 Å². The molecule has 0 fully saturated rings. The maximum absolute atomic E-state index is 11.7. The molecular formula is C12H23NO4. The molecule has 0 bridgehead atoms. The van der Waals surface area contributed by atoms with Crippen molar-refractivity contribution in [2.75, 3.05) is 32.9 Å². The summed E-state index contributed by atoms with van der Waals surface area (Å²) in [5.41, 5.74) is 0. The highest BCUT2D eigenvalue weighted by atomic mass is 16.5. The Balaban J connectivity index is 3.90. The molecule has 0 aromatic carbocycles. The van der Waals surface area contributed by atoms with Crippen molar-refractivity contribution in [3.8, 4) is 0 Å². The number of likely N-dealkylation sites (N-methyl/N-ethyl adjacent to an activating group) is 1. The normalized spacial score (nSPS) is 10.1. The van der Waals surface area contributed by atoms with Crippen LogP contribution in [0.2, 0.25) is 0 Å². The van der Waals surface area contributed by atoms with Crippen LogP contribution in [0.1, 0.15) is 33.6 Å². The van der Waals surface area contributed by atoms with E-state index in [1.807, 2.05) is 13.8 Å². The first-order valence-electron chi connectivity index (χ1n) is 6.16. The maximum Gasteiger partial charge on any atom is 0.325 e. The third kappa shape index (κ3) is 7.74. The van der Waals surface area contributed by atoms with E-state index in [4.69, 9.17) is 9.47 Å². The molecule has 0 spiro atoms. The summed E-state index contributed by atoms with van der Waals surface area (Å²) in [5.74, 6) is -0.382. The van der Waals surface area contributed by atoms with Gasteiger partial charge in [0.05, 0.1) is 6.61 Å². The summed E-state index contributed by atoms with van der Waals surface area (Å²) >= 11 is 0. The van der Waals surface area contributed by atoms with Crippen LogP contribution in [0.15, 0.2) is 0 Å². The van der Waals surface area contributed by atoms with Crippen molar-refractivity contribution in [1.82, 2.24) is 4.90 Å². The Bertz CT molecular complexity index is 231. The van der Waals surface area contributed by atoms with E-state index in [0.717, 1.165) is 0 Å². The van der Waals surface area contributed by atoms with Crippen molar-refractivity contribution in [3.05, 3.63) is 0 Å². The van der Waals surface area contributed by atoms with Gasteiger partial charge in [-0.2, -0.15) is 0 Å². The zero-order valence-electron chi connectivity index (χ0n) is 11.0. The quantitative estimate of drug-likeness (QED) is 0.452. The Labute approximate surface area is 103 Å². The van der Waals surface area contributed by atoms with Crippen LogP contribution in [0.4, 0.5) is 0 Å². The van der Waals surface area contributed by atoms with Gasteiger partial charge >= 0.3 is 5.97 Å². The van der Waals surface area contributed by atoms with Crippen LogP contribution in [-0.4, -0.2) is 49.7 Å². The number of carbonyl (C=O) groups excluding carboxylic acids is 2. The van der Waals surface area contributed by atoms with Crippen LogP contribution in [0.5, 0.6) is 0 Å². The number of hydrogen-bond donors (Lipinski definition) is 0. The number of rotatable bonds is 9. The predicted octanol–water partition coefficient (Wildman–Crippen LogP) is 1.21. The molecule has 5 nitrogen and oxygen atoms in total. The Morgan fingerprint density at radius 3 is 2.35 bits per heavy atom. The first-order chi connectivity index (χ1) is 8.15. The molecule has 100 valence electrons. The number of esters is 1. The average Bonchev–Trinajstić information content (AvgIpc) is 2.31. The second-order valence-electron chi connectivity index (χ2n) is 3.51. The SMILES string of the molecule is CCOCCCC(=O)N(CC)CC(=O)OCC. The molecule has 0 aliphatic carbocycles. The van der Waals surface area contributed by atoms with Gasteiger partial charge in [0.25, 0.3) is 0 Å². The second kappa shape index (κ2) is 10.1. The predicted molar refractivity (Wildman–Crippen MR) is 64.6 cm³/mol. The zero-order valence-corrected chi connectivity index (χ0v) is 11.0. The van der Waals surface area contributed by atoms with Crippen LogP contribution in [0, 0.1) is 0 Å². The smallest absolute Gasteiger partial charge is 0.325 e. The summed E-state index contributed by atoms with van der Waals surface area (Å²) in [7, 11) is 0. The molecule has 0 aliphatic heterocycles. The van der Waals surface area contributed by atoms with Crippen LogP contribution >= 0.6 is 0 Å². The minimum atomic E-state index is -0.354. The summed E-state index contributed by atoms with van der Waals surface area (Å²) in [5, 5.41) is 0. The third-order valence-corrected chi connectivity index (χ3v) is 2.24. The van der Waals surface area contributed by atoms with E-state index in [-0.39, 0.29) is 18.4 Å². The third-order valence-electron chi connectivity index (χ3n) is 2.24. The van der Waals surface area contributed by atoms with Crippen LogP contribution < -0.4 is 0 Å². The number of hydrogen-bond acceptors (Lipinski definition) is 4. The standard InChI is InChI=1S/C12H23NO4/c1-4-13(10-12(15)17-6-3)11(14)8-7-9-16-5-2/h4-10H2,1-3H3. The minimum absolute atomic E-state index is 0.0275. The van der Waals surface area contributed by atoms with Crippen LogP contribution in [0.3, 0.4) is 0 Å². The molecular weight excluding hydrogens is 222 g/mol. The van der Waals surface area contributed by atoms with E-state index < -0.39 is 0 Å². The lowest BCUT2D eigenvalue weighted by atomic mass is 10.3. The molecule has 0 aromatic heterocycles. The first kappa shape index (κ1) is 15.9. The lowest BCUT2D eigenvalue weighted by Crippen LogP contribution is -2.36. The van der Waals surface area contributed by atoms with Crippen molar-refractivity contribution < 1.29 is 19.1 Å². The molecule has 0 rings (SSSR count). The van der Waals surface area contributed by atoms with Gasteiger partial charge in [0, 0.05) is 26.2 Å². The molecule has 0 unspecified atom stereocenters. The Morgan fingerprint density at radius 2 is 1.82 bits per heavy atom. The Kier molecular flexibility index (Phi) is 9.43. The summed E-state index contributed by atoms with van der Waals surface area (Å²) in [6.45, 7) is 7.66. The Hall–Kier alpha value is -1.10. The monoisotopic (exact) mass is 245 g/mol.